The molecule has 0 saturated heterocycles. The number of nitrogens with zero attached hydrogens (tertiary/aromatic N) is 1. The summed E-state index contributed by atoms with van der Waals surface area (Å²) >= 11 is 0. The van der Waals surface area contributed by atoms with Gasteiger partial charge >= 0.3 is 0 Å². The molecule has 0 bridgehead atoms. The van der Waals surface area contributed by atoms with E-state index >= 15 is 0 Å². The lowest BCUT2D eigenvalue weighted by Gasteiger charge is -2.12. The number of halogens is 3. The predicted molar refractivity (Wildman–Crippen MR) is 118 cm³/mol. The molecule has 2 aromatic rings. The molecule has 0 atom stereocenters. The van der Waals surface area contributed by atoms with Crippen molar-refractivity contribution in [2.75, 3.05) is 20.3 Å². The predicted octanol–water partition coefficient (Wildman–Crippen LogP) is 4.21. The van der Waals surface area contributed by atoms with Crippen LogP contribution in [-0.2, 0) is 13.1 Å². The normalized spacial score (nSPS) is 11.0. The molecule has 0 aliphatic rings. The summed E-state index contributed by atoms with van der Waals surface area (Å²) in [6.07, 6.45) is -2.49. The molecule has 2 rings (SSSR count). The van der Waals surface area contributed by atoms with E-state index in [9.17, 15) is 8.78 Å². The molecule has 0 spiro atoms. The number of rotatable bonds is 9. The standard InChI is InChI=1S/C20H25F2N3O2.HI/c1-3-23-20(24-12-15-7-9-17(26-2)10-8-15)25-13-16-5-4-6-18(11-16)27-14-19(21)22;/h4-11,19H,3,12-14H2,1-2H3,(H2,23,24,25);1H. The Labute approximate surface area is 181 Å². The van der Waals surface area contributed by atoms with Crippen molar-refractivity contribution < 1.29 is 18.3 Å². The molecule has 0 heterocycles. The zero-order valence-electron chi connectivity index (χ0n) is 16.0. The summed E-state index contributed by atoms with van der Waals surface area (Å²) in [6, 6.07) is 14.8. The Kier molecular flexibility index (Phi) is 11.2. The smallest absolute Gasteiger partial charge is 0.272 e. The van der Waals surface area contributed by atoms with E-state index in [-0.39, 0.29) is 24.0 Å². The van der Waals surface area contributed by atoms with Crippen molar-refractivity contribution in [3.05, 3.63) is 59.7 Å². The summed E-state index contributed by atoms with van der Waals surface area (Å²) < 4.78 is 34.7. The van der Waals surface area contributed by atoms with Gasteiger partial charge in [-0.2, -0.15) is 0 Å². The third-order valence-electron chi connectivity index (χ3n) is 3.66. The lowest BCUT2D eigenvalue weighted by molar-refractivity contribution is 0.0818. The molecular formula is C20H26F2IN3O2. The van der Waals surface area contributed by atoms with E-state index < -0.39 is 13.0 Å². The summed E-state index contributed by atoms with van der Waals surface area (Å²) in [6.45, 7) is 3.13. The lowest BCUT2D eigenvalue weighted by Crippen LogP contribution is -2.36. The number of alkyl halides is 2. The van der Waals surface area contributed by atoms with Crippen LogP contribution in [-0.4, -0.2) is 32.6 Å². The Morgan fingerprint density at radius 2 is 1.79 bits per heavy atom. The van der Waals surface area contributed by atoms with Crippen LogP contribution in [0, 0.1) is 0 Å². The molecule has 0 amide bonds. The van der Waals surface area contributed by atoms with Crippen LogP contribution in [0.5, 0.6) is 11.5 Å². The summed E-state index contributed by atoms with van der Waals surface area (Å²) in [4.78, 5) is 4.53. The van der Waals surface area contributed by atoms with Gasteiger partial charge in [0.1, 0.15) is 18.1 Å². The fourth-order valence-electron chi connectivity index (χ4n) is 2.33. The molecule has 2 N–H and O–H groups in total. The van der Waals surface area contributed by atoms with Crippen molar-refractivity contribution in [2.24, 2.45) is 4.99 Å². The monoisotopic (exact) mass is 505 g/mol. The van der Waals surface area contributed by atoms with Gasteiger partial charge in [0.25, 0.3) is 6.43 Å². The van der Waals surface area contributed by atoms with Crippen LogP contribution in [0.15, 0.2) is 53.5 Å². The van der Waals surface area contributed by atoms with Crippen molar-refractivity contribution in [3.63, 3.8) is 0 Å². The summed E-state index contributed by atoms with van der Waals surface area (Å²) in [5.74, 6) is 1.90. The van der Waals surface area contributed by atoms with E-state index in [1.165, 1.54) is 0 Å². The first-order valence-corrected chi connectivity index (χ1v) is 8.75. The van der Waals surface area contributed by atoms with E-state index in [1.807, 2.05) is 37.3 Å². The van der Waals surface area contributed by atoms with Crippen LogP contribution in [0.25, 0.3) is 0 Å². The molecule has 2 aromatic carbocycles. The molecule has 0 saturated carbocycles. The fourth-order valence-corrected chi connectivity index (χ4v) is 2.33. The Hall–Kier alpha value is -2.10. The minimum absolute atomic E-state index is 0. The zero-order valence-corrected chi connectivity index (χ0v) is 18.3. The topological polar surface area (TPSA) is 54.9 Å². The zero-order chi connectivity index (χ0) is 19.5. The third-order valence-corrected chi connectivity index (χ3v) is 3.66. The molecule has 0 fully saturated rings. The van der Waals surface area contributed by atoms with E-state index in [2.05, 4.69) is 15.6 Å². The number of guanidine groups is 1. The van der Waals surface area contributed by atoms with Crippen molar-refractivity contribution >= 4 is 29.9 Å². The molecule has 154 valence electrons. The Balaban J connectivity index is 0.00000392. The number of aliphatic imine (C=N–C) groups is 1. The fraction of sp³-hybridized carbons (Fsp3) is 0.350. The van der Waals surface area contributed by atoms with Gasteiger partial charge in [-0.05, 0) is 42.3 Å². The van der Waals surface area contributed by atoms with Crippen LogP contribution >= 0.6 is 24.0 Å². The maximum atomic E-state index is 12.3. The molecule has 28 heavy (non-hydrogen) atoms. The van der Waals surface area contributed by atoms with Crippen molar-refractivity contribution in [3.8, 4) is 11.5 Å². The Morgan fingerprint density at radius 1 is 1.04 bits per heavy atom. The van der Waals surface area contributed by atoms with Gasteiger partial charge in [0.05, 0.1) is 13.7 Å². The van der Waals surface area contributed by atoms with Gasteiger partial charge in [-0.1, -0.05) is 24.3 Å². The second-order valence-electron chi connectivity index (χ2n) is 5.75. The number of hydrogen-bond donors (Lipinski definition) is 2. The summed E-state index contributed by atoms with van der Waals surface area (Å²) in [5, 5.41) is 6.45. The second kappa shape index (κ2) is 13.1. The number of benzene rings is 2. The molecule has 5 nitrogen and oxygen atoms in total. The van der Waals surface area contributed by atoms with E-state index in [1.54, 1.807) is 25.3 Å². The minimum atomic E-state index is -2.49. The van der Waals surface area contributed by atoms with Gasteiger partial charge in [0, 0.05) is 13.1 Å². The molecule has 0 unspecified atom stereocenters. The largest absolute Gasteiger partial charge is 0.497 e. The van der Waals surface area contributed by atoms with E-state index in [0.29, 0.717) is 24.8 Å². The molecule has 0 aliphatic heterocycles. The van der Waals surface area contributed by atoms with Crippen LogP contribution in [0.2, 0.25) is 0 Å². The highest BCUT2D eigenvalue weighted by molar-refractivity contribution is 14.0. The molecule has 0 aliphatic carbocycles. The highest BCUT2D eigenvalue weighted by Crippen LogP contribution is 2.15. The molecular weight excluding hydrogens is 479 g/mol. The minimum Gasteiger partial charge on any atom is -0.497 e. The van der Waals surface area contributed by atoms with Crippen LogP contribution < -0.4 is 20.1 Å². The van der Waals surface area contributed by atoms with Crippen LogP contribution in [0.1, 0.15) is 18.1 Å². The van der Waals surface area contributed by atoms with Gasteiger partial charge in [-0.15, -0.1) is 24.0 Å². The molecule has 0 aromatic heterocycles. The van der Waals surface area contributed by atoms with Crippen molar-refractivity contribution in [2.45, 2.75) is 26.4 Å². The second-order valence-corrected chi connectivity index (χ2v) is 5.75. The van der Waals surface area contributed by atoms with Crippen molar-refractivity contribution in [1.29, 1.82) is 0 Å². The SMILES string of the molecule is CCNC(=NCc1cccc(OCC(F)F)c1)NCc1ccc(OC)cc1.I. The number of ether oxygens (including phenoxy) is 2. The van der Waals surface area contributed by atoms with Gasteiger partial charge in [-0.3, -0.25) is 0 Å². The first kappa shape index (κ1) is 23.9. The van der Waals surface area contributed by atoms with Crippen molar-refractivity contribution in [1.82, 2.24) is 10.6 Å². The Bertz CT molecular complexity index is 728. The van der Waals surface area contributed by atoms with E-state index in [4.69, 9.17) is 9.47 Å². The Morgan fingerprint density at radius 3 is 2.43 bits per heavy atom. The average Bonchev–Trinajstić information content (AvgIpc) is 2.69. The molecule has 0 radical (unpaired) electrons. The first-order valence-electron chi connectivity index (χ1n) is 8.75. The lowest BCUT2D eigenvalue weighted by atomic mass is 10.2. The van der Waals surface area contributed by atoms with Gasteiger partial charge < -0.3 is 20.1 Å². The number of methoxy groups -OCH3 is 1. The summed E-state index contributed by atoms with van der Waals surface area (Å²) in [5.41, 5.74) is 1.98. The number of nitrogens with one attached hydrogen (secondary N) is 2. The maximum absolute atomic E-state index is 12.3. The van der Waals surface area contributed by atoms with Crippen LogP contribution in [0.3, 0.4) is 0 Å². The highest BCUT2D eigenvalue weighted by atomic mass is 127. The van der Waals surface area contributed by atoms with Gasteiger partial charge in [0.2, 0.25) is 0 Å². The van der Waals surface area contributed by atoms with E-state index in [0.717, 1.165) is 23.4 Å². The highest BCUT2D eigenvalue weighted by Gasteiger charge is 2.04. The van der Waals surface area contributed by atoms with Gasteiger partial charge in [0.15, 0.2) is 5.96 Å². The van der Waals surface area contributed by atoms with Gasteiger partial charge in [-0.25, -0.2) is 13.8 Å². The first-order chi connectivity index (χ1) is 13.1. The maximum Gasteiger partial charge on any atom is 0.272 e. The third kappa shape index (κ3) is 8.73. The quantitative estimate of drug-likeness (QED) is 0.305. The average molecular weight is 505 g/mol. The summed E-state index contributed by atoms with van der Waals surface area (Å²) in [7, 11) is 1.64. The number of hydrogen-bond acceptors (Lipinski definition) is 3. The molecule has 8 heteroatoms. The van der Waals surface area contributed by atoms with Crippen LogP contribution in [0.4, 0.5) is 8.78 Å².